The van der Waals surface area contributed by atoms with Crippen LogP contribution >= 0.6 is 0 Å². The van der Waals surface area contributed by atoms with Gasteiger partial charge in [0.05, 0.1) is 6.10 Å². The fourth-order valence-corrected chi connectivity index (χ4v) is 0.762. The van der Waals surface area contributed by atoms with Crippen LogP contribution in [0.15, 0.2) is 18.2 Å². The maximum Gasteiger partial charge on any atom is 0.165 e. The van der Waals surface area contributed by atoms with Crippen LogP contribution in [0.1, 0.15) is 13.8 Å². The Balaban J connectivity index is 2.78. The third-order valence-electron chi connectivity index (χ3n) is 1.16. The van der Waals surface area contributed by atoms with Gasteiger partial charge in [-0.3, -0.25) is 0 Å². The van der Waals surface area contributed by atoms with Crippen LogP contribution in [0.4, 0.5) is 0 Å². The summed E-state index contributed by atoms with van der Waals surface area (Å²) in [6.07, 6.45) is 0.0803. The summed E-state index contributed by atoms with van der Waals surface area (Å²) in [6.45, 7) is 3.82. The molecular weight excluding hydrogens is 140 g/mol. The van der Waals surface area contributed by atoms with Crippen molar-refractivity contribution in [2.24, 2.45) is 0 Å². The lowest BCUT2D eigenvalue weighted by molar-refractivity contribution is 0.232. The minimum atomic E-state index is 0.0706. The van der Waals surface area contributed by atoms with Gasteiger partial charge in [-0.2, -0.15) is 0 Å². The number of phenolic OH excluding ortho intramolecular Hbond substituents is 1. The molecule has 0 bridgehead atoms. The summed E-state index contributed by atoms with van der Waals surface area (Å²) >= 11 is 0. The van der Waals surface area contributed by atoms with Crippen molar-refractivity contribution in [3.05, 3.63) is 24.3 Å². The summed E-state index contributed by atoms with van der Waals surface area (Å²) in [5.41, 5.74) is 0. The fourth-order valence-electron chi connectivity index (χ4n) is 0.762. The minimum Gasteiger partial charge on any atom is -0.504 e. The predicted molar refractivity (Wildman–Crippen MR) is 42.7 cm³/mol. The third-order valence-corrected chi connectivity index (χ3v) is 1.16. The zero-order valence-electron chi connectivity index (χ0n) is 6.66. The molecule has 2 heteroatoms. The number of ether oxygens (including phenoxy) is 1. The van der Waals surface area contributed by atoms with Crippen molar-refractivity contribution in [3.63, 3.8) is 0 Å². The number of hydrogen-bond donors (Lipinski definition) is 1. The van der Waals surface area contributed by atoms with Crippen LogP contribution in [-0.2, 0) is 0 Å². The molecule has 0 saturated heterocycles. The first kappa shape index (κ1) is 7.92. The first-order chi connectivity index (χ1) is 5.20. The third kappa shape index (κ3) is 2.15. The molecule has 0 spiro atoms. The van der Waals surface area contributed by atoms with Crippen molar-refractivity contribution in [2.75, 3.05) is 0 Å². The monoisotopic (exact) mass is 151 g/mol. The Morgan fingerprint density at radius 1 is 1.55 bits per heavy atom. The molecule has 1 radical (unpaired) electrons. The number of phenols is 1. The van der Waals surface area contributed by atoms with Crippen molar-refractivity contribution in [2.45, 2.75) is 20.0 Å². The van der Waals surface area contributed by atoms with E-state index in [2.05, 4.69) is 6.07 Å². The van der Waals surface area contributed by atoms with Gasteiger partial charge in [-0.1, -0.05) is 12.1 Å². The highest BCUT2D eigenvalue weighted by Crippen LogP contribution is 2.24. The van der Waals surface area contributed by atoms with Crippen LogP contribution in [-0.4, -0.2) is 11.2 Å². The molecule has 11 heavy (non-hydrogen) atoms. The van der Waals surface area contributed by atoms with E-state index in [9.17, 15) is 5.11 Å². The van der Waals surface area contributed by atoms with E-state index in [1.165, 1.54) is 0 Å². The molecule has 2 nitrogen and oxygen atoms in total. The molecule has 0 aliphatic heterocycles. The van der Waals surface area contributed by atoms with Gasteiger partial charge in [-0.05, 0) is 19.9 Å². The topological polar surface area (TPSA) is 29.5 Å². The normalized spacial score (nSPS) is 10.1. The number of aromatic hydroxyl groups is 1. The number of para-hydroxylation sites is 1. The van der Waals surface area contributed by atoms with Crippen LogP contribution in [0, 0.1) is 6.07 Å². The second-order valence-corrected chi connectivity index (χ2v) is 2.55. The van der Waals surface area contributed by atoms with Gasteiger partial charge in [0, 0.05) is 6.07 Å². The SMILES string of the molecule is CC(C)Oc1ccc[c]c1O. The van der Waals surface area contributed by atoms with Crippen molar-refractivity contribution in [1.29, 1.82) is 0 Å². The summed E-state index contributed by atoms with van der Waals surface area (Å²) in [6, 6.07) is 7.77. The lowest BCUT2D eigenvalue weighted by atomic mass is 10.3. The van der Waals surface area contributed by atoms with Crippen molar-refractivity contribution in [1.82, 2.24) is 0 Å². The highest BCUT2D eigenvalue weighted by Gasteiger charge is 2.01. The molecule has 1 N–H and O–H groups in total. The Kier molecular flexibility index (Phi) is 2.36. The smallest absolute Gasteiger partial charge is 0.165 e. The van der Waals surface area contributed by atoms with Gasteiger partial charge >= 0.3 is 0 Å². The number of rotatable bonds is 2. The molecule has 1 aromatic carbocycles. The van der Waals surface area contributed by atoms with Gasteiger partial charge in [0.25, 0.3) is 0 Å². The molecule has 0 unspecified atom stereocenters. The molecule has 0 aliphatic rings. The van der Waals surface area contributed by atoms with E-state index in [-0.39, 0.29) is 11.9 Å². The Bertz CT molecular complexity index is 231. The van der Waals surface area contributed by atoms with Gasteiger partial charge in [-0.25, -0.2) is 0 Å². The Morgan fingerprint density at radius 3 is 2.82 bits per heavy atom. The summed E-state index contributed by atoms with van der Waals surface area (Å²) in [7, 11) is 0. The Labute approximate surface area is 66.4 Å². The van der Waals surface area contributed by atoms with Gasteiger partial charge in [0.15, 0.2) is 11.5 Å². The molecule has 0 heterocycles. The summed E-state index contributed by atoms with van der Waals surface area (Å²) in [4.78, 5) is 0. The average Bonchev–Trinajstić information content (AvgIpc) is 1.93. The molecule has 1 rings (SSSR count). The highest BCUT2D eigenvalue weighted by atomic mass is 16.5. The maximum atomic E-state index is 9.18. The van der Waals surface area contributed by atoms with Gasteiger partial charge in [-0.15, -0.1) is 0 Å². The molecule has 59 valence electrons. The van der Waals surface area contributed by atoms with E-state index < -0.39 is 0 Å². The summed E-state index contributed by atoms with van der Waals surface area (Å²) in [5.74, 6) is 0.559. The van der Waals surface area contributed by atoms with Crippen molar-refractivity contribution >= 4 is 0 Å². The molecule has 1 aromatic rings. The van der Waals surface area contributed by atoms with Crippen molar-refractivity contribution < 1.29 is 9.84 Å². The van der Waals surface area contributed by atoms with Crippen LogP contribution in [0.5, 0.6) is 11.5 Å². The van der Waals surface area contributed by atoms with Crippen LogP contribution in [0.25, 0.3) is 0 Å². The van der Waals surface area contributed by atoms with Crippen molar-refractivity contribution in [3.8, 4) is 11.5 Å². The summed E-state index contributed by atoms with van der Waals surface area (Å²) in [5, 5.41) is 9.18. The number of hydrogen-bond acceptors (Lipinski definition) is 2. The first-order valence-electron chi connectivity index (χ1n) is 3.56. The molecule has 0 aromatic heterocycles. The summed E-state index contributed by atoms with van der Waals surface area (Å²) < 4.78 is 5.26. The lowest BCUT2D eigenvalue weighted by Crippen LogP contribution is -2.05. The Morgan fingerprint density at radius 2 is 2.27 bits per heavy atom. The van der Waals surface area contributed by atoms with Gasteiger partial charge in [0.1, 0.15) is 0 Å². The zero-order valence-corrected chi connectivity index (χ0v) is 6.66. The van der Waals surface area contributed by atoms with E-state index in [1.54, 1.807) is 18.2 Å². The zero-order chi connectivity index (χ0) is 8.27. The minimum absolute atomic E-state index is 0.0706. The second-order valence-electron chi connectivity index (χ2n) is 2.55. The maximum absolute atomic E-state index is 9.18. The molecule has 0 aliphatic carbocycles. The van der Waals surface area contributed by atoms with E-state index in [4.69, 9.17) is 4.74 Å². The van der Waals surface area contributed by atoms with Crippen LogP contribution < -0.4 is 4.74 Å². The molecule has 0 fully saturated rings. The second kappa shape index (κ2) is 3.28. The largest absolute Gasteiger partial charge is 0.504 e. The lowest BCUT2D eigenvalue weighted by Gasteiger charge is -2.09. The first-order valence-corrected chi connectivity index (χ1v) is 3.56. The highest BCUT2D eigenvalue weighted by molar-refractivity contribution is 5.36. The molecule has 0 amide bonds. The quantitative estimate of drug-likeness (QED) is 0.700. The molecule has 0 saturated carbocycles. The van der Waals surface area contributed by atoms with E-state index in [0.717, 1.165) is 0 Å². The fraction of sp³-hybridized carbons (Fsp3) is 0.333. The number of benzene rings is 1. The van der Waals surface area contributed by atoms with E-state index >= 15 is 0 Å². The van der Waals surface area contributed by atoms with E-state index in [0.29, 0.717) is 5.75 Å². The standard InChI is InChI=1S/C9H11O2/c1-7(2)11-9-6-4-3-5-8(9)10/h3-4,6-7,10H,1-2H3. The van der Waals surface area contributed by atoms with Gasteiger partial charge in [0.2, 0.25) is 0 Å². The molecule has 0 atom stereocenters. The molecular formula is C9H11O2. The van der Waals surface area contributed by atoms with Gasteiger partial charge < -0.3 is 9.84 Å². The van der Waals surface area contributed by atoms with E-state index in [1.807, 2.05) is 13.8 Å². The average molecular weight is 151 g/mol. The van der Waals surface area contributed by atoms with Crippen LogP contribution in [0.3, 0.4) is 0 Å². The Hall–Kier alpha value is -1.18. The van der Waals surface area contributed by atoms with Crippen LogP contribution in [0.2, 0.25) is 0 Å². The predicted octanol–water partition coefficient (Wildman–Crippen LogP) is 1.98.